The summed E-state index contributed by atoms with van der Waals surface area (Å²) < 4.78 is 25.4. The van der Waals surface area contributed by atoms with Gasteiger partial charge in [-0.25, -0.2) is 14.0 Å². The zero-order valence-electron chi connectivity index (χ0n) is 17.4. The van der Waals surface area contributed by atoms with E-state index in [0.717, 1.165) is 0 Å². The minimum absolute atomic E-state index is 0.0547. The van der Waals surface area contributed by atoms with Gasteiger partial charge in [0.15, 0.2) is 0 Å². The molecule has 0 spiro atoms. The Labute approximate surface area is 170 Å². The second kappa shape index (κ2) is 7.43. The molecule has 1 aromatic rings. The molecular weight excluding hydrogens is 387 g/mol. The minimum Gasteiger partial charge on any atom is -0.444 e. The molecule has 2 amide bonds. The number of nitrogens with one attached hydrogen (secondary N) is 1. The van der Waals surface area contributed by atoms with E-state index in [1.54, 1.807) is 54.5 Å². The van der Waals surface area contributed by atoms with Crippen molar-refractivity contribution in [2.75, 3.05) is 13.1 Å². The first-order valence-corrected chi connectivity index (χ1v) is 9.45. The van der Waals surface area contributed by atoms with Crippen LogP contribution in [-0.2, 0) is 15.0 Å². The maximum absolute atomic E-state index is 14.7. The summed E-state index contributed by atoms with van der Waals surface area (Å²) in [5.41, 5.74) is -1.58. The molecule has 1 N–H and O–H groups in total. The number of rotatable bonds is 2. The van der Waals surface area contributed by atoms with Gasteiger partial charge in [0.1, 0.15) is 22.6 Å². The number of benzene rings is 1. The van der Waals surface area contributed by atoms with Crippen LogP contribution in [0.4, 0.5) is 14.0 Å². The lowest BCUT2D eigenvalue weighted by Crippen LogP contribution is -2.69. The largest absolute Gasteiger partial charge is 0.444 e. The van der Waals surface area contributed by atoms with Crippen LogP contribution in [0.3, 0.4) is 0 Å². The van der Waals surface area contributed by atoms with Crippen molar-refractivity contribution < 1.29 is 23.5 Å². The number of amides is 2. The van der Waals surface area contributed by atoms with E-state index in [2.05, 4.69) is 5.32 Å². The lowest BCUT2D eigenvalue weighted by molar-refractivity contribution is -0.0238. The van der Waals surface area contributed by atoms with Gasteiger partial charge in [0.25, 0.3) is 0 Å². The van der Waals surface area contributed by atoms with Crippen LogP contribution in [-0.4, -0.2) is 41.4 Å². The number of likely N-dealkylation sites (tertiary alicyclic amines) is 1. The maximum Gasteiger partial charge on any atom is 0.410 e. The monoisotopic (exact) mass is 414 g/mol. The Morgan fingerprint density at radius 2 is 1.64 bits per heavy atom. The van der Waals surface area contributed by atoms with E-state index >= 15 is 0 Å². The van der Waals surface area contributed by atoms with Crippen LogP contribution in [0.5, 0.6) is 0 Å². The number of carbonyl (C=O) groups is 2. The molecule has 0 unspecified atom stereocenters. The van der Waals surface area contributed by atoms with Crippen molar-refractivity contribution in [2.45, 2.75) is 65.2 Å². The summed E-state index contributed by atoms with van der Waals surface area (Å²) in [5, 5.41) is 3.03. The Morgan fingerprint density at radius 3 is 2.14 bits per heavy atom. The molecule has 1 saturated heterocycles. The van der Waals surface area contributed by atoms with E-state index in [1.165, 1.54) is 11.0 Å². The number of hydrogen-bond donors (Lipinski definition) is 1. The third-order valence-corrected chi connectivity index (χ3v) is 4.48. The molecule has 0 radical (unpaired) electrons. The molecule has 0 aromatic heterocycles. The zero-order chi connectivity index (χ0) is 21.5. The highest BCUT2D eigenvalue weighted by Gasteiger charge is 2.51. The molecule has 1 heterocycles. The average Bonchev–Trinajstić information content (AvgIpc) is 2.42. The van der Waals surface area contributed by atoms with E-state index in [4.69, 9.17) is 21.1 Å². The maximum atomic E-state index is 14.7. The van der Waals surface area contributed by atoms with E-state index in [1.807, 2.05) is 0 Å². The van der Waals surface area contributed by atoms with Crippen LogP contribution in [0.25, 0.3) is 0 Å². The second-order valence-electron chi connectivity index (χ2n) is 9.13. The van der Waals surface area contributed by atoms with Gasteiger partial charge in [-0.05, 0) is 66.2 Å². The number of alkyl carbamates (subject to hydrolysis) is 1. The quantitative estimate of drug-likeness (QED) is 0.757. The number of hydrogen-bond acceptors (Lipinski definition) is 4. The normalized spacial score (nSPS) is 16.2. The third-order valence-electron chi connectivity index (χ3n) is 4.08. The first-order valence-electron chi connectivity index (χ1n) is 9.07. The summed E-state index contributed by atoms with van der Waals surface area (Å²) in [7, 11) is 0. The Morgan fingerprint density at radius 1 is 1.11 bits per heavy atom. The standard InChI is InChI=1S/C20H28ClFN2O4/c1-12-8-13(15(22)9-14(12)21)20(23-16(25)27-18(2,3)4)10-24(11-20)17(26)28-19(5,6)7/h8-9H,10-11H2,1-7H3,(H,23,25). The van der Waals surface area contributed by atoms with Crippen LogP contribution < -0.4 is 5.32 Å². The Bertz CT molecular complexity index is 778. The van der Waals surface area contributed by atoms with Crippen molar-refractivity contribution in [3.8, 4) is 0 Å². The van der Waals surface area contributed by atoms with Crippen LogP contribution >= 0.6 is 11.6 Å². The summed E-state index contributed by atoms with van der Waals surface area (Å²) in [5.74, 6) is -0.560. The van der Waals surface area contributed by atoms with E-state index in [9.17, 15) is 14.0 Å². The van der Waals surface area contributed by atoms with Gasteiger partial charge in [0.05, 0.1) is 13.1 Å². The van der Waals surface area contributed by atoms with Crippen molar-refractivity contribution in [3.05, 3.63) is 34.1 Å². The van der Waals surface area contributed by atoms with E-state index in [0.29, 0.717) is 5.56 Å². The highest BCUT2D eigenvalue weighted by molar-refractivity contribution is 6.31. The highest BCUT2D eigenvalue weighted by Crippen LogP contribution is 2.37. The molecule has 0 bridgehead atoms. The summed E-state index contributed by atoms with van der Waals surface area (Å²) in [6.45, 7) is 12.4. The van der Waals surface area contributed by atoms with Gasteiger partial charge in [0, 0.05) is 10.6 Å². The highest BCUT2D eigenvalue weighted by atomic mass is 35.5. The molecule has 1 aliphatic heterocycles. The molecular formula is C20H28ClFN2O4. The fourth-order valence-electron chi connectivity index (χ4n) is 2.90. The van der Waals surface area contributed by atoms with Gasteiger partial charge in [0.2, 0.25) is 0 Å². The topological polar surface area (TPSA) is 67.9 Å². The summed E-state index contributed by atoms with van der Waals surface area (Å²) in [6, 6.07) is 2.79. The molecule has 156 valence electrons. The molecule has 1 aromatic carbocycles. The zero-order valence-corrected chi connectivity index (χ0v) is 18.2. The third kappa shape index (κ3) is 5.28. The van der Waals surface area contributed by atoms with Crippen molar-refractivity contribution >= 4 is 23.8 Å². The molecule has 28 heavy (non-hydrogen) atoms. The molecule has 8 heteroatoms. The fourth-order valence-corrected chi connectivity index (χ4v) is 3.05. The average molecular weight is 415 g/mol. The Hall–Kier alpha value is -2.02. The summed E-state index contributed by atoms with van der Waals surface area (Å²) >= 11 is 6.01. The summed E-state index contributed by atoms with van der Waals surface area (Å²) in [4.78, 5) is 26.1. The predicted molar refractivity (Wildman–Crippen MR) is 105 cm³/mol. The van der Waals surface area contributed by atoms with Gasteiger partial charge in [-0.15, -0.1) is 0 Å². The van der Waals surface area contributed by atoms with Gasteiger partial charge in [-0.2, -0.15) is 0 Å². The van der Waals surface area contributed by atoms with Crippen molar-refractivity contribution in [1.82, 2.24) is 10.2 Å². The van der Waals surface area contributed by atoms with Crippen LogP contribution in [0, 0.1) is 12.7 Å². The summed E-state index contributed by atoms with van der Waals surface area (Å²) in [6.07, 6.45) is -1.22. The van der Waals surface area contributed by atoms with Gasteiger partial charge in [-0.1, -0.05) is 11.6 Å². The van der Waals surface area contributed by atoms with Gasteiger partial charge >= 0.3 is 12.2 Å². The van der Waals surface area contributed by atoms with Crippen LogP contribution in [0.2, 0.25) is 5.02 Å². The first kappa shape index (κ1) is 22.3. The Kier molecular flexibility index (Phi) is 5.91. The van der Waals surface area contributed by atoms with Crippen LogP contribution in [0.1, 0.15) is 52.7 Å². The molecule has 1 aliphatic rings. The first-order chi connectivity index (χ1) is 12.6. The van der Waals surface area contributed by atoms with E-state index < -0.39 is 34.7 Å². The number of carbonyl (C=O) groups excluding carboxylic acids is 2. The number of nitrogens with zero attached hydrogens (tertiary/aromatic N) is 1. The predicted octanol–water partition coefficient (Wildman–Crippen LogP) is 4.76. The number of halogens is 2. The lowest BCUT2D eigenvalue weighted by atomic mass is 9.81. The molecule has 0 atom stereocenters. The second-order valence-corrected chi connectivity index (χ2v) is 9.53. The Balaban J connectivity index is 2.30. The van der Waals surface area contributed by atoms with Gasteiger partial charge in [-0.3, -0.25) is 0 Å². The SMILES string of the molecule is Cc1cc(C2(NC(=O)OC(C)(C)C)CN(C(=O)OC(C)(C)C)C2)c(F)cc1Cl. The minimum atomic E-state index is -1.13. The fraction of sp³-hybridized carbons (Fsp3) is 0.600. The van der Waals surface area contributed by atoms with Crippen molar-refractivity contribution in [2.24, 2.45) is 0 Å². The molecule has 6 nitrogen and oxygen atoms in total. The molecule has 2 rings (SSSR count). The number of aryl methyl sites for hydroxylation is 1. The smallest absolute Gasteiger partial charge is 0.410 e. The van der Waals surface area contributed by atoms with Crippen LogP contribution in [0.15, 0.2) is 12.1 Å². The molecule has 0 aliphatic carbocycles. The lowest BCUT2D eigenvalue weighted by Gasteiger charge is -2.50. The van der Waals surface area contributed by atoms with E-state index in [-0.39, 0.29) is 23.7 Å². The molecule has 1 fully saturated rings. The van der Waals surface area contributed by atoms with Gasteiger partial charge < -0.3 is 19.7 Å². The molecule has 0 saturated carbocycles. The van der Waals surface area contributed by atoms with Crippen molar-refractivity contribution in [1.29, 1.82) is 0 Å². The number of ether oxygens (including phenoxy) is 2. The van der Waals surface area contributed by atoms with Crippen molar-refractivity contribution in [3.63, 3.8) is 0 Å².